The average Bonchev–Trinajstić information content (AvgIpc) is 2.61. The van der Waals surface area contributed by atoms with Gasteiger partial charge in [0.05, 0.1) is 12.1 Å². The van der Waals surface area contributed by atoms with Crippen LogP contribution in [-0.4, -0.2) is 17.9 Å². The highest BCUT2D eigenvalue weighted by Crippen LogP contribution is 2.34. The third-order valence-electron chi connectivity index (χ3n) is 5.83. The van der Waals surface area contributed by atoms with Crippen molar-refractivity contribution in [2.75, 3.05) is 6.61 Å². The first kappa shape index (κ1) is 21.5. The second-order valence-electron chi connectivity index (χ2n) is 9.11. The van der Waals surface area contributed by atoms with Crippen LogP contribution < -0.4 is 4.74 Å². The highest BCUT2D eigenvalue weighted by molar-refractivity contribution is 6.00. The Labute approximate surface area is 166 Å². The normalized spacial score (nSPS) is 18.7. The number of para-hydroxylation sites is 1. The molecule has 148 valence electrons. The molecule has 0 spiro atoms. The first-order valence-corrected chi connectivity index (χ1v) is 10.2. The number of aliphatic imine (C=N–C) groups is 1. The fourth-order valence-corrected chi connectivity index (χ4v) is 3.36. The lowest BCUT2D eigenvalue weighted by molar-refractivity contribution is 0.159. The Balaban J connectivity index is 2.04. The molecule has 0 aliphatic heterocycles. The lowest BCUT2D eigenvalue weighted by Crippen LogP contribution is -2.30. The minimum atomic E-state index is -0.207. The van der Waals surface area contributed by atoms with Crippen molar-refractivity contribution < 1.29 is 4.74 Å². The smallest absolute Gasteiger partial charge is 0.122 e. The van der Waals surface area contributed by atoms with Gasteiger partial charge >= 0.3 is 0 Å². The van der Waals surface area contributed by atoms with Gasteiger partial charge in [0.2, 0.25) is 0 Å². The maximum atomic E-state index is 6.13. The summed E-state index contributed by atoms with van der Waals surface area (Å²) in [4.78, 5) is 5.19. The molecular formula is C25H37NO. The van der Waals surface area contributed by atoms with Crippen molar-refractivity contribution in [3.63, 3.8) is 0 Å². The Kier molecular flexibility index (Phi) is 7.08. The van der Waals surface area contributed by atoms with E-state index in [0.717, 1.165) is 30.6 Å². The van der Waals surface area contributed by atoms with Gasteiger partial charge in [-0.25, -0.2) is 0 Å². The number of allylic oxidation sites excluding steroid dienone is 2. The predicted molar refractivity (Wildman–Crippen MR) is 118 cm³/mol. The molecule has 1 atom stereocenters. The predicted octanol–water partition coefficient (Wildman–Crippen LogP) is 7.09. The Morgan fingerprint density at radius 3 is 2.48 bits per heavy atom. The molecule has 0 saturated carbocycles. The van der Waals surface area contributed by atoms with E-state index >= 15 is 0 Å². The Hall–Kier alpha value is -1.83. The van der Waals surface area contributed by atoms with Gasteiger partial charge in [0.15, 0.2) is 0 Å². The van der Waals surface area contributed by atoms with Crippen LogP contribution in [-0.2, 0) is 0 Å². The minimum Gasteiger partial charge on any atom is -0.493 e. The molecule has 27 heavy (non-hydrogen) atoms. The highest BCUT2D eigenvalue weighted by atomic mass is 16.5. The summed E-state index contributed by atoms with van der Waals surface area (Å²) in [7, 11) is 0. The zero-order valence-electron chi connectivity index (χ0n) is 18.2. The van der Waals surface area contributed by atoms with E-state index in [1.807, 2.05) is 18.2 Å². The molecule has 2 nitrogen and oxygen atoms in total. The summed E-state index contributed by atoms with van der Waals surface area (Å²) >= 11 is 0. The second kappa shape index (κ2) is 8.91. The number of aryl methyl sites for hydroxylation is 1. The zero-order valence-corrected chi connectivity index (χ0v) is 18.2. The molecule has 0 N–H and O–H groups in total. The van der Waals surface area contributed by atoms with Gasteiger partial charge in [-0.15, -0.1) is 0 Å². The summed E-state index contributed by atoms with van der Waals surface area (Å²) in [5.74, 6) is 0.983. The van der Waals surface area contributed by atoms with E-state index in [1.54, 1.807) is 0 Å². The number of hydrogen-bond donors (Lipinski definition) is 0. The molecule has 0 heterocycles. The topological polar surface area (TPSA) is 21.6 Å². The molecule has 1 aliphatic rings. The summed E-state index contributed by atoms with van der Waals surface area (Å²) in [6.45, 7) is 18.2. The van der Waals surface area contributed by atoms with Crippen molar-refractivity contribution in [2.24, 2.45) is 10.4 Å². The van der Waals surface area contributed by atoms with Gasteiger partial charge in [0.25, 0.3) is 0 Å². The molecule has 0 bridgehead atoms. The standard InChI is InChI=1S/C25H37NO/c1-19(2)25(7,26-22-14-10-8-12-20(22)3)17-16-24(5,6)18-27-23-15-11-9-13-21(23)4/h9,11-13,15H,1,8,10,14,16-18H2,2-7H3. The largest absolute Gasteiger partial charge is 0.493 e. The van der Waals surface area contributed by atoms with Crippen LogP contribution in [0.15, 0.2) is 53.1 Å². The molecule has 2 rings (SSSR count). The van der Waals surface area contributed by atoms with Crippen LogP contribution in [0.1, 0.15) is 72.3 Å². The first-order valence-electron chi connectivity index (χ1n) is 10.2. The zero-order chi connectivity index (χ0) is 20.1. The first-order chi connectivity index (χ1) is 12.6. The van der Waals surface area contributed by atoms with E-state index in [2.05, 4.69) is 60.3 Å². The molecule has 1 aromatic carbocycles. The van der Waals surface area contributed by atoms with Crippen LogP contribution in [0.3, 0.4) is 0 Å². The van der Waals surface area contributed by atoms with E-state index in [4.69, 9.17) is 9.73 Å². The fraction of sp³-hybridized carbons (Fsp3) is 0.560. The lowest BCUT2D eigenvalue weighted by atomic mass is 9.80. The quantitative estimate of drug-likeness (QED) is 0.450. The van der Waals surface area contributed by atoms with Gasteiger partial charge in [0, 0.05) is 5.71 Å². The SMILES string of the molecule is C=C(C)C(C)(CCC(C)(C)COc1ccccc1C)N=C1CCCC=C1C. The molecule has 0 fully saturated rings. The molecule has 0 radical (unpaired) electrons. The number of benzene rings is 1. The number of ether oxygens (including phenoxy) is 1. The van der Waals surface area contributed by atoms with Crippen molar-refractivity contribution in [3.05, 3.63) is 53.6 Å². The van der Waals surface area contributed by atoms with Crippen LogP contribution in [0.5, 0.6) is 5.75 Å². The van der Waals surface area contributed by atoms with E-state index < -0.39 is 0 Å². The summed E-state index contributed by atoms with van der Waals surface area (Å²) in [5.41, 5.74) is 4.81. The molecule has 1 aromatic rings. The summed E-state index contributed by atoms with van der Waals surface area (Å²) in [6.07, 6.45) is 7.83. The van der Waals surface area contributed by atoms with Crippen molar-refractivity contribution >= 4 is 5.71 Å². The molecule has 0 saturated heterocycles. The van der Waals surface area contributed by atoms with Gasteiger partial charge in [-0.3, -0.25) is 4.99 Å². The Morgan fingerprint density at radius 2 is 1.85 bits per heavy atom. The summed E-state index contributed by atoms with van der Waals surface area (Å²) < 4.78 is 6.13. The number of hydrogen-bond acceptors (Lipinski definition) is 2. The van der Waals surface area contributed by atoms with Crippen molar-refractivity contribution in [3.8, 4) is 5.75 Å². The highest BCUT2D eigenvalue weighted by Gasteiger charge is 2.30. The van der Waals surface area contributed by atoms with Crippen LogP contribution in [0.25, 0.3) is 0 Å². The van der Waals surface area contributed by atoms with Crippen LogP contribution in [0, 0.1) is 12.3 Å². The Bertz CT molecular complexity index is 726. The lowest BCUT2D eigenvalue weighted by Gasteiger charge is -2.33. The van der Waals surface area contributed by atoms with E-state index in [9.17, 15) is 0 Å². The third kappa shape index (κ3) is 6.09. The molecule has 1 unspecified atom stereocenters. The minimum absolute atomic E-state index is 0.0800. The molecular weight excluding hydrogens is 330 g/mol. The molecule has 1 aliphatic carbocycles. The molecule has 2 heteroatoms. The van der Waals surface area contributed by atoms with Gasteiger partial charge in [-0.2, -0.15) is 0 Å². The van der Waals surface area contributed by atoms with Gasteiger partial charge in [-0.1, -0.05) is 50.3 Å². The fourth-order valence-electron chi connectivity index (χ4n) is 3.36. The van der Waals surface area contributed by atoms with Gasteiger partial charge in [0.1, 0.15) is 5.75 Å². The van der Waals surface area contributed by atoms with Crippen LogP contribution in [0.2, 0.25) is 0 Å². The Morgan fingerprint density at radius 1 is 1.15 bits per heavy atom. The van der Waals surface area contributed by atoms with Crippen LogP contribution in [0.4, 0.5) is 0 Å². The molecule has 0 amide bonds. The van der Waals surface area contributed by atoms with Gasteiger partial charge < -0.3 is 4.74 Å². The maximum Gasteiger partial charge on any atom is 0.122 e. The average molecular weight is 368 g/mol. The summed E-state index contributed by atoms with van der Waals surface area (Å²) in [5, 5.41) is 0. The number of nitrogens with zero attached hydrogens (tertiary/aromatic N) is 1. The van der Waals surface area contributed by atoms with Crippen molar-refractivity contribution in [1.29, 1.82) is 0 Å². The summed E-state index contributed by atoms with van der Waals surface area (Å²) in [6, 6.07) is 8.22. The maximum absolute atomic E-state index is 6.13. The number of rotatable bonds is 8. The van der Waals surface area contributed by atoms with Crippen molar-refractivity contribution in [2.45, 2.75) is 79.2 Å². The van der Waals surface area contributed by atoms with Gasteiger partial charge in [-0.05, 0) is 82.4 Å². The monoisotopic (exact) mass is 367 g/mol. The third-order valence-corrected chi connectivity index (χ3v) is 5.83. The van der Waals surface area contributed by atoms with E-state index in [1.165, 1.54) is 29.7 Å². The molecule has 0 aromatic heterocycles. The second-order valence-corrected chi connectivity index (χ2v) is 9.11. The van der Waals surface area contributed by atoms with Crippen molar-refractivity contribution in [1.82, 2.24) is 0 Å². The van der Waals surface area contributed by atoms with E-state index in [0.29, 0.717) is 6.61 Å². The van der Waals surface area contributed by atoms with Crippen LogP contribution >= 0.6 is 0 Å². The van der Waals surface area contributed by atoms with E-state index in [-0.39, 0.29) is 11.0 Å².